The summed E-state index contributed by atoms with van der Waals surface area (Å²) in [4.78, 5) is 4.58. The molecule has 3 aromatic rings. The normalized spacial score (nSPS) is 11.0. The lowest BCUT2D eigenvalue weighted by Crippen LogP contribution is -2.05. The van der Waals surface area contributed by atoms with Crippen LogP contribution in [0.5, 0.6) is 0 Å². The Morgan fingerprint density at radius 2 is 1.81 bits per heavy atom. The summed E-state index contributed by atoms with van der Waals surface area (Å²) in [7, 11) is 0. The molecule has 0 aliphatic heterocycles. The van der Waals surface area contributed by atoms with E-state index in [9.17, 15) is 0 Å². The van der Waals surface area contributed by atoms with Gasteiger partial charge in [0.15, 0.2) is 0 Å². The summed E-state index contributed by atoms with van der Waals surface area (Å²) >= 11 is 0. The summed E-state index contributed by atoms with van der Waals surface area (Å²) in [6.07, 6.45) is 2.91. The number of aryl methyl sites for hydroxylation is 3. The number of hydrogen-bond acceptors (Lipinski definition) is 2. The summed E-state index contributed by atoms with van der Waals surface area (Å²) in [5.41, 5.74) is 8.90. The summed E-state index contributed by atoms with van der Waals surface area (Å²) in [6.45, 7) is 8.63. The molecule has 0 saturated heterocycles. The van der Waals surface area contributed by atoms with Crippen molar-refractivity contribution in [3.63, 3.8) is 0 Å². The van der Waals surface area contributed by atoms with Crippen LogP contribution < -0.4 is 0 Å². The van der Waals surface area contributed by atoms with E-state index < -0.39 is 0 Å². The first-order valence-corrected chi connectivity index (χ1v) is 8.87. The number of para-hydroxylation sites is 1. The number of nitriles is 1. The van der Waals surface area contributed by atoms with E-state index in [0.717, 1.165) is 17.7 Å². The number of aromatic nitrogens is 1. The molecule has 26 heavy (non-hydrogen) atoms. The summed E-state index contributed by atoms with van der Waals surface area (Å²) in [6, 6.07) is 18.1. The summed E-state index contributed by atoms with van der Waals surface area (Å²) < 4.78 is 2.33. The van der Waals surface area contributed by atoms with Gasteiger partial charge in [-0.15, -0.1) is 0 Å². The summed E-state index contributed by atoms with van der Waals surface area (Å²) in [5, 5.41) is 8.89. The molecule has 0 unspecified atom stereocenters. The van der Waals surface area contributed by atoms with Crippen molar-refractivity contribution < 1.29 is 0 Å². The average molecular weight is 341 g/mol. The minimum Gasteiger partial charge on any atom is -0.317 e. The van der Waals surface area contributed by atoms with Gasteiger partial charge in [0.1, 0.15) is 0 Å². The van der Waals surface area contributed by atoms with Crippen molar-refractivity contribution in [1.82, 2.24) is 4.57 Å². The lowest BCUT2D eigenvalue weighted by atomic mass is 10.1. The topological polar surface area (TPSA) is 41.1 Å². The smallest absolute Gasteiger partial charge is 0.0991 e. The van der Waals surface area contributed by atoms with Gasteiger partial charge in [-0.2, -0.15) is 5.26 Å². The lowest BCUT2D eigenvalue weighted by molar-refractivity contribution is 0.926. The molecule has 3 nitrogen and oxygen atoms in total. The van der Waals surface area contributed by atoms with Crippen molar-refractivity contribution in [3.8, 4) is 11.8 Å². The molecule has 0 bridgehead atoms. The molecule has 0 fully saturated rings. The number of hydrogen-bond donors (Lipinski definition) is 0. The SMILES string of the molecule is CCc1cccc(C)c1-n1c(C)cc(C=Nc2ccc(C#N)cc2)c1C. The van der Waals surface area contributed by atoms with Crippen LogP contribution in [-0.4, -0.2) is 10.8 Å². The van der Waals surface area contributed by atoms with Gasteiger partial charge in [-0.05, 0) is 68.7 Å². The van der Waals surface area contributed by atoms with Crippen LogP contribution in [0.25, 0.3) is 5.69 Å². The highest BCUT2D eigenvalue weighted by Crippen LogP contribution is 2.26. The van der Waals surface area contributed by atoms with E-state index in [1.807, 2.05) is 18.3 Å². The third-order valence-corrected chi connectivity index (χ3v) is 4.75. The zero-order valence-corrected chi connectivity index (χ0v) is 15.7. The highest BCUT2D eigenvalue weighted by atomic mass is 15.0. The lowest BCUT2D eigenvalue weighted by Gasteiger charge is -2.17. The van der Waals surface area contributed by atoms with Crippen LogP contribution in [-0.2, 0) is 6.42 Å². The molecule has 1 aromatic heterocycles. The molecule has 0 saturated carbocycles. The first-order valence-electron chi connectivity index (χ1n) is 8.87. The molecule has 3 rings (SSSR count). The van der Waals surface area contributed by atoms with Gasteiger partial charge in [-0.25, -0.2) is 0 Å². The molecular weight excluding hydrogens is 318 g/mol. The standard InChI is InChI=1S/C23H23N3/c1-5-20-8-6-7-16(2)23(20)26-17(3)13-21(18(26)4)15-25-22-11-9-19(14-24)10-12-22/h6-13,15H,5H2,1-4H3. The minimum absolute atomic E-state index is 0.647. The first kappa shape index (κ1) is 17.7. The maximum Gasteiger partial charge on any atom is 0.0991 e. The van der Waals surface area contributed by atoms with Crippen LogP contribution in [0.15, 0.2) is 53.5 Å². The zero-order chi connectivity index (χ0) is 18.7. The van der Waals surface area contributed by atoms with E-state index in [1.165, 1.54) is 28.2 Å². The second kappa shape index (κ2) is 7.41. The molecule has 0 aliphatic rings. The van der Waals surface area contributed by atoms with Crippen molar-refractivity contribution in [2.24, 2.45) is 4.99 Å². The average Bonchev–Trinajstić information content (AvgIpc) is 2.93. The zero-order valence-electron chi connectivity index (χ0n) is 15.7. The quantitative estimate of drug-likeness (QED) is 0.570. The first-order chi connectivity index (χ1) is 12.5. The molecule has 1 heterocycles. The Bertz CT molecular complexity index is 999. The van der Waals surface area contributed by atoms with E-state index in [-0.39, 0.29) is 0 Å². The number of nitrogens with zero attached hydrogens (tertiary/aromatic N) is 3. The van der Waals surface area contributed by atoms with Crippen LogP contribution in [0.3, 0.4) is 0 Å². The van der Waals surface area contributed by atoms with Gasteiger partial charge in [-0.1, -0.05) is 25.1 Å². The van der Waals surface area contributed by atoms with Crippen molar-refractivity contribution >= 4 is 11.9 Å². The molecule has 0 aliphatic carbocycles. The van der Waals surface area contributed by atoms with Gasteiger partial charge in [0.25, 0.3) is 0 Å². The van der Waals surface area contributed by atoms with E-state index in [0.29, 0.717) is 5.56 Å². The van der Waals surface area contributed by atoms with Crippen LogP contribution >= 0.6 is 0 Å². The van der Waals surface area contributed by atoms with Gasteiger partial charge in [0.2, 0.25) is 0 Å². The van der Waals surface area contributed by atoms with Crippen LogP contribution in [0.1, 0.15) is 40.6 Å². The van der Waals surface area contributed by atoms with E-state index >= 15 is 0 Å². The monoisotopic (exact) mass is 341 g/mol. The second-order valence-corrected chi connectivity index (χ2v) is 6.51. The Balaban J connectivity index is 2.01. The Morgan fingerprint density at radius 3 is 2.46 bits per heavy atom. The fraction of sp³-hybridized carbons (Fsp3) is 0.217. The Labute approximate surface area is 155 Å². The maximum atomic E-state index is 8.89. The molecule has 0 N–H and O–H groups in total. The largest absolute Gasteiger partial charge is 0.317 e. The number of rotatable bonds is 4. The van der Waals surface area contributed by atoms with E-state index in [1.54, 1.807) is 12.1 Å². The predicted octanol–water partition coefficient (Wildman–Crippen LogP) is 5.59. The second-order valence-electron chi connectivity index (χ2n) is 6.51. The molecule has 0 radical (unpaired) electrons. The van der Waals surface area contributed by atoms with Gasteiger partial charge in [-0.3, -0.25) is 4.99 Å². The van der Waals surface area contributed by atoms with Crippen molar-refractivity contribution in [3.05, 3.63) is 82.2 Å². The predicted molar refractivity (Wildman–Crippen MR) is 108 cm³/mol. The Morgan fingerprint density at radius 1 is 1.08 bits per heavy atom. The summed E-state index contributed by atoms with van der Waals surface area (Å²) in [5.74, 6) is 0. The van der Waals surface area contributed by atoms with Gasteiger partial charge >= 0.3 is 0 Å². The fourth-order valence-electron chi connectivity index (χ4n) is 3.35. The van der Waals surface area contributed by atoms with Crippen molar-refractivity contribution in [1.29, 1.82) is 5.26 Å². The Kier molecular flexibility index (Phi) is 5.04. The molecular formula is C23H23N3. The molecule has 0 amide bonds. The Hall–Kier alpha value is -3.12. The fourth-order valence-corrected chi connectivity index (χ4v) is 3.35. The number of aliphatic imine (C=N–C) groups is 1. The van der Waals surface area contributed by atoms with Crippen LogP contribution in [0, 0.1) is 32.1 Å². The molecule has 3 heteroatoms. The molecule has 0 spiro atoms. The van der Waals surface area contributed by atoms with Crippen molar-refractivity contribution in [2.45, 2.75) is 34.1 Å². The van der Waals surface area contributed by atoms with Crippen LogP contribution in [0.2, 0.25) is 0 Å². The minimum atomic E-state index is 0.647. The molecule has 2 aromatic carbocycles. The number of benzene rings is 2. The van der Waals surface area contributed by atoms with E-state index in [2.05, 4.69) is 67.6 Å². The van der Waals surface area contributed by atoms with E-state index in [4.69, 9.17) is 5.26 Å². The third-order valence-electron chi connectivity index (χ3n) is 4.75. The highest BCUT2D eigenvalue weighted by molar-refractivity contribution is 5.84. The van der Waals surface area contributed by atoms with Crippen molar-refractivity contribution in [2.75, 3.05) is 0 Å². The molecule has 0 atom stereocenters. The maximum absolute atomic E-state index is 8.89. The highest BCUT2D eigenvalue weighted by Gasteiger charge is 2.14. The van der Waals surface area contributed by atoms with Gasteiger partial charge in [0, 0.05) is 23.2 Å². The molecule has 130 valence electrons. The van der Waals surface area contributed by atoms with Gasteiger partial charge in [0.05, 0.1) is 23.0 Å². The van der Waals surface area contributed by atoms with Gasteiger partial charge < -0.3 is 4.57 Å². The third kappa shape index (κ3) is 3.32. The van der Waals surface area contributed by atoms with Crippen LogP contribution in [0.4, 0.5) is 5.69 Å².